The van der Waals surface area contributed by atoms with Gasteiger partial charge in [0.25, 0.3) is 0 Å². The molecule has 1 atom stereocenters. The van der Waals surface area contributed by atoms with Gasteiger partial charge in [0, 0.05) is 12.2 Å². The van der Waals surface area contributed by atoms with Gasteiger partial charge >= 0.3 is 5.97 Å². The van der Waals surface area contributed by atoms with Gasteiger partial charge in [0.15, 0.2) is 4.67 Å². The molecule has 1 aromatic heterocycles. The lowest BCUT2D eigenvalue weighted by Gasteiger charge is -2.31. The van der Waals surface area contributed by atoms with Crippen molar-refractivity contribution in [1.82, 2.24) is 0 Å². The summed E-state index contributed by atoms with van der Waals surface area (Å²) >= 11 is 3.30. The van der Waals surface area contributed by atoms with Gasteiger partial charge in [-0.2, -0.15) is 0 Å². The van der Waals surface area contributed by atoms with Crippen molar-refractivity contribution in [3.05, 3.63) is 52.4 Å². The lowest BCUT2D eigenvalue weighted by Crippen LogP contribution is -2.29. The second-order valence-corrected chi connectivity index (χ2v) is 5.72. The van der Waals surface area contributed by atoms with Crippen LogP contribution in [0.5, 0.6) is 0 Å². The van der Waals surface area contributed by atoms with Crippen LogP contribution in [0.1, 0.15) is 30.7 Å². The molecule has 0 aliphatic heterocycles. The highest BCUT2D eigenvalue weighted by Gasteiger charge is 2.21. The van der Waals surface area contributed by atoms with E-state index in [4.69, 9.17) is 9.52 Å². The van der Waals surface area contributed by atoms with Crippen molar-refractivity contribution in [2.24, 2.45) is 0 Å². The molecule has 0 radical (unpaired) electrons. The highest BCUT2D eigenvalue weighted by molar-refractivity contribution is 9.10. The van der Waals surface area contributed by atoms with E-state index in [0.717, 1.165) is 17.0 Å². The standard InChI is InChI=1S/C16H18BrNO3/c1-11-5-3-4-6-13(11)18(10-9-16(19)20)12(2)14-7-8-15(17)21-14/h3-8,12H,9-10H2,1-2H3,(H,19,20). The van der Waals surface area contributed by atoms with Crippen LogP contribution in [0.25, 0.3) is 0 Å². The highest BCUT2D eigenvalue weighted by Crippen LogP contribution is 2.31. The predicted molar refractivity (Wildman–Crippen MR) is 85.6 cm³/mol. The van der Waals surface area contributed by atoms with Crippen LogP contribution in [0.15, 0.2) is 45.5 Å². The molecule has 2 aromatic rings. The first kappa shape index (κ1) is 15.6. The molecule has 0 aliphatic carbocycles. The van der Waals surface area contributed by atoms with E-state index in [1.807, 2.05) is 50.2 Å². The number of benzene rings is 1. The number of hydrogen-bond acceptors (Lipinski definition) is 3. The molecule has 1 unspecified atom stereocenters. The molecule has 112 valence electrons. The molecule has 1 aromatic carbocycles. The van der Waals surface area contributed by atoms with Gasteiger partial charge in [-0.25, -0.2) is 0 Å². The molecule has 0 fully saturated rings. The second kappa shape index (κ2) is 6.80. The SMILES string of the molecule is Cc1ccccc1N(CCC(=O)O)C(C)c1ccc(Br)o1. The number of anilines is 1. The molecule has 0 spiro atoms. The topological polar surface area (TPSA) is 53.7 Å². The fraction of sp³-hybridized carbons (Fsp3) is 0.312. The van der Waals surface area contributed by atoms with Crippen LogP contribution in [0, 0.1) is 6.92 Å². The van der Waals surface area contributed by atoms with Gasteiger partial charge in [-0.05, 0) is 53.5 Å². The first-order chi connectivity index (χ1) is 9.99. The Morgan fingerprint density at radius 1 is 1.33 bits per heavy atom. The first-order valence-electron chi connectivity index (χ1n) is 6.78. The molecule has 21 heavy (non-hydrogen) atoms. The number of halogens is 1. The van der Waals surface area contributed by atoms with Gasteiger partial charge in [-0.1, -0.05) is 18.2 Å². The van der Waals surface area contributed by atoms with Crippen molar-refractivity contribution in [3.8, 4) is 0 Å². The molecule has 0 aliphatic rings. The van der Waals surface area contributed by atoms with Crippen molar-refractivity contribution in [3.63, 3.8) is 0 Å². The zero-order valence-corrected chi connectivity index (χ0v) is 13.6. The van der Waals surface area contributed by atoms with Gasteiger partial charge in [0.2, 0.25) is 0 Å². The fourth-order valence-corrected chi connectivity index (χ4v) is 2.65. The summed E-state index contributed by atoms with van der Waals surface area (Å²) in [4.78, 5) is 13.0. The summed E-state index contributed by atoms with van der Waals surface area (Å²) < 4.78 is 6.30. The Morgan fingerprint density at radius 2 is 2.05 bits per heavy atom. The van der Waals surface area contributed by atoms with Crippen LogP contribution >= 0.6 is 15.9 Å². The lowest BCUT2D eigenvalue weighted by atomic mass is 10.1. The third-order valence-electron chi connectivity index (χ3n) is 3.46. The van der Waals surface area contributed by atoms with Crippen LogP contribution < -0.4 is 4.90 Å². The number of aryl methyl sites for hydroxylation is 1. The number of furan rings is 1. The maximum absolute atomic E-state index is 10.9. The number of aliphatic carboxylic acids is 1. The van der Waals surface area contributed by atoms with E-state index in [1.54, 1.807) is 0 Å². The molecule has 0 bridgehead atoms. The number of para-hydroxylation sites is 1. The average Bonchev–Trinajstić information content (AvgIpc) is 2.87. The minimum Gasteiger partial charge on any atom is -0.481 e. The summed E-state index contributed by atoms with van der Waals surface area (Å²) in [6.45, 7) is 4.47. The number of carboxylic acid groups (broad SMARTS) is 1. The Labute approximate surface area is 132 Å². The largest absolute Gasteiger partial charge is 0.481 e. The Hall–Kier alpha value is -1.75. The molecule has 2 rings (SSSR count). The molecular formula is C16H18BrNO3. The molecule has 0 amide bonds. The van der Waals surface area contributed by atoms with Crippen molar-refractivity contribution in [2.45, 2.75) is 26.3 Å². The predicted octanol–water partition coefficient (Wildman–Crippen LogP) is 4.39. The highest BCUT2D eigenvalue weighted by atomic mass is 79.9. The zero-order chi connectivity index (χ0) is 15.4. The van der Waals surface area contributed by atoms with Crippen molar-refractivity contribution >= 4 is 27.6 Å². The van der Waals surface area contributed by atoms with Gasteiger partial charge in [-0.3, -0.25) is 4.79 Å². The van der Waals surface area contributed by atoms with E-state index >= 15 is 0 Å². The quantitative estimate of drug-likeness (QED) is 0.838. The fourth-order valence-electron chi connectivity index (χ4n) is 2.33. The van der Waals surface area contributed by atoms with Crippen LogP contribution in [-0.4, -0.2) is 17.6 Å². The minimum absolute atomic E-state index is 0.0447. The molecule has 0 saturated carbocycles. The minimum atomic E-state index is -0.804. The summed E-state index contributed by atoms with van der Waals surface area (Å²) in [6.07, 6.45) is 0.0839. The Kier molecular flexibility index (Phi) is 5.07. The van der Waals surface area contributed by atoms with Crippen LogP contribution in [-0.2, 0) is 4.79 Å². The smallest absolute Gasteiger partial charge is 0.305 e. The summed E-state index contributed by atoms with van der Waals surface area (Å²) in [5, 5.41) is 8.98. The molecule has 4 nitrogen and oxygen atoms in total. The van der Waals surface area contributed by atoms with Crippen molar-refractivity contribution < 1.29 is 14.3 Å². The molecule has 1 N–H and O–H groups in total. The average molecular weight is 352 g/mol. The molecule has 5 heteroatoms. The van der Waals surface area contributed by atoms with Gasteiger partial charge in [-0.15, -0.1) is 0 Å². The van der Waals surface area contributed by atoms with Crippen LogP contribution in [0.2, 0.25) is 0 Å². The Bertz CT molecular complexity index is 623. The normalized spacial score (nSPS) is 12.1. The maximum atomic E-state index is 10.9. The number of rotatable bonds is 6. The number of carbonyl (C=O) groups is 1. The summed E-state index contributed by atoms with van der Waals surface area (Å²) in [7, 11) is 0. The number of carboxylic acids is 1. The van der Waals surface area contributed by atoms with E-state index in [9.17, 15) is 4.79 Å². The van der Waals surface area contributed by atoms with Crippen molar-refractivity contribution in [1.29, 1.82) is 0 Å². The summed E-state index contributed by atoms with van der Waals surface area (Å²) in [5.74, 6) is -0.00285. The van der Waals surface area contributed by atoms with E-state index in [1.165, 1.54) is 0 Å². The number of hydrogen-bond donors (Lipinski definition) is 1. The number of nitrogens with zero attached hydrogens (tertiary/aromatic N) is 1. The first-order valence-corrected chi connectivity index (χ1v) is 7.57. The van der Waals surface area contributed by atoms with Crippen molar-refractivity contribution in [2.75, 3.05) is 11.4 Å². The summed E-state index contributed by atoms with van der Waals surface area (Å²) in [5.41, 5.74) is 2.14. The molecular weight excluding hydrogens is 334 g/mol. The lowest BCUT2D eigenvalue weighted by molar-refractivity contribution is -0.136. The second-order valence-electron chi connectivity index (χ2n) is 4.94. The monoisotopic (exact) mass is 351 g/mol. The van der Waals surface area contributed by atoms with E-state index in [-0.39, 0.29) is 12.5 Å². The van der Waals surface area contributed by atoms with E-state index in [0.29, 0.717) is 11.2 Å². The van der Waals surface area contributed by atoms with E-state index in [2.05, 4.69) is 20.8 Å². The molecule has 1 heterocycles. The third-order valence-corrected chi connectivity index (χ3v) is 3.89. The summed E-state index contributed by atoms with van der Waals surface area (Å²) in [6, 6.07) is 11.7. The third kappa shape index (κ3) is 3.88. The van der Waals surface area contributed by atoms with E-state index < -0.39 is 5.97 Å². The Balaban J connectivity index is 2.31. The van der Waals surface area contributed by atoms with Gasteiger partial charge in [0.1, 0.15) is 5.76 Å². The van der Waals surface area contributed by atoms with Crippen LogP contribution in [0.4, 0.5) is 5.69 Å². The van der Waals surface area contributed by atoms with Crippen LogP contribution in [0.3, 0.4) is 0 Å². The molecule has 0 saturated heterocycles. The zero-order valence-electron chi connectivity index (χ0n) is 12.0. The maximum Gasteiger partial charge on any atom is 0.305 e. The van der Waals surface area contributed by atoms with Gasteiger partial charge in [0.05, 0.1) is 12.5 Å². The Morgan fingerprint density at radius 3 is 2.62 bits per heavy atom. The van der Waals surface area contributed by atoms with Gasteiger partial charge < -0.3 is 14.4 Å².